The van der Waals surface area contributed by atoms with Crippen molar-refractivity contribution in [1.82, 2.24) is 4.57 Å². The molecule has 0 saturated heterocycles. The fraction of sp³-hybridized carbons (Fsp3) is 0.176. The number of rotatable bonds is 2. The zero-order valence-corrected chi connectivity index (χ0v) is 11.9. The van der Waals surface area contributed by atoms with E-state index in [1.165, 1.54) is 15.7 Å². The van der Waals surface area contributed by atoms with E-state index >= 15 is 0 Å². The predicted molar refractivity (Wildman–Crippen MR) is 81.8 cm³/mol. The minimum absolute atomic E-state index is 0.379. The highest BCUT2D eigenvalue weighted by Gasteiger charge is 2.09. The quantitative estimate of drug-likeness (QED) is 0.725. The Kier molecular flexibility index (Phi) is 3.22. The number of fused-ring (bicyclic) bond motifs is 1. The molecule has 2 aromatic carbocycles. The lowest BCUT2D eigenvalue weighted by Gasteiger charge is -2.10. The lowest BCUT2D eigenvalue weighted by molar-refractivity contribution is 0.425. The summed E-state index contributed by atoms with van der Waals surface area (Å²) >= 11 is 0. The van der Waals surface area contributed by atoms with E-state index in [-0.39, 0.29) is 0 Å². The molecule has 0 N–H and O–H groups in total. The van der Waals surface area contributed by atoms with Gasteiger partial charge >= 0.3 is 11.4 Å². The maximum absolute atomic E-state index is 12.0. The van der Waals surface area contributed by atoms with Gasteiger partial charge in [-0.05, 0) is 42.7 Å². The maximum Gasteiger partial charge on any atom is 0.422 e. The van der Waals surface area contributed by atoms with Crippen LogP contribution in [0.1, 0.15) is 16.7 Å². The zero-order valence-electron chi connectivity index (χ0n) is 11.9. The van der Waals surface area contributed by atoms with Crippen LogP contribution in [0.4, 0.5) is 0 Å². The SMILES string of the molecule is Cc1ccc(Cn2c(=O)oc(=O)c3ccccc32)cc1C. The second-order valence-electron chi connectivity index (χ2n) is 5.18. The van der Waals surface area contributed by atoms with Gasteiger partial charge in [0.1, 0.15) is 0 Å². The number of aromatic nitrogens is 1. The monoisotopic (exact) mass is 281 g/mol. The normalized spacial score (nSPS) is 11.0. The smallest absolute Gasteiger partial charge is 0.372 e. The Balaban J connectivity index is 2.18. The molecule has 0 bridgehead atoms. The molecule has 21 heavy (non-hydrogen) atoms. The molecule has 4 nitrogen and oxygen atoms in total. The van der Waals surface area contributed by atoms with Gasteiger partial charge in [0.05, 0.1) is 17.4 Å². The van der Waals surface area contributed by atoms with Gasteiger partial charge in [0.15, 0.2) is 0 Å². The summed E-state index contributed by atoms with van der Waals surface area (Å²) in [6, 6.07) is 13.0. The Morgan fingerprint density at radius 3 is 2.52 bits per heavy atom. The van der Waals surface area contributed by atoms with E-state index in [9.17, 15) is 9.59 Å². The van der Waals surface area contributed by atoms with Gasteiger partial charge in [-0.25, -0.2) is 9.59 Å². The molecule has 0 aliphatic rings. The Labute approximate surface area is 121 Å². The molecule has 0 fully saturated rings. The summed E-state index contributed by atoms with van der Waals surface area (Å²) in [4.78, 5) is 23.7. The van der Waals surface area contributed by atoms with Gasteiger partial charge in [-0.2, -0.15) is 0 Å². The van der Waals surface area contributed by atoms with Gasteiger partial charge in [0, 0.05) is 0 Å². The van der Waals surface area contributed by atoms with Crippen LogP contribution >= 0.6 is 0 Å². The molecule has 3 rings (SSSR count). The van der Waals surface area contributed by atoms with E-state index in [0.717, 1.165) is 5.56 Å². The number of nitrogens with zero attached hydrogens (tertiary/aromatic N) is 1. The van der Waals surface area contributed by atoms with E-state index in [2.05, 4.69) is 0 Å². The van der Waals surface area contributed by atoms with E-state index < -0.39 is 11.4 Å². The van der Waals surface area contributed by atoms with Crippen molar-refractivity contribution in [2.75, 3.05) is 0 Å². The van der Waals surface area contributed by atoms with Crippen LogP contribution in [0.3, 0.4) is 0 Å². The van der Waals surface area contributed by atoms with Crippen molar-refractivity contribution in [3.8, 4) is 0 Å². The van der Waals surface area contributed by atoms with Crippen molar-refractivity contribution < 1.29 is 4.42 Å². The Morgan fingerprint density at radius 2 is 1.76 bits per heavy atom. The molecular weight excluding hydrogens is 266 g/mol. The van der Waals surface area contributed by atoms with E-state index in [0.29, 0.717) is 17.4 Å². The van der Waals surface area contributed by atoms with Crippen LogP contribution in [-0.4, -0.2) is 4.57 Å². The van der Waals surface area contributed by atoms with Crippen LogP contribution in [0.25, 0.3) is 10.9 Å². The molecule has 0 spiro atoms. The molecule has 4 heteroatoms. The lowest BCUT2D eigenvalue weighted by Crippen LogP contribution is -2.25. The summed E-state index contributed by atoms with van der Waals surface area (Å²) in [6.07, 6.45) is 0. The minimum atomic E-state index is -0.628. The van der Waals surface area contributed by atoms with Gasteiger partial charge in [0.2, 0.25) is 0 Å². The highest BCUT2D eigenvalue weighted by Crippen LogP contribution is 2.13. The minimum Gasteiger partial charge on any atom is -0.372 e. The van der Waals surface area contributed by atoms with Crippen LogP contribution in [0, 0.1) is 13.8 Å². The van der Waals surface area contributed by atoms with Crippen LogP contribution in [0.5, 0.6) is 0 Å². The van der Waals surface area contributed by atoms with Crippen molar-refractivity contribution in [3.05, 3.63) is 80.1 Å². The molecule has 0 aliphatic carbocycles. The lowest BCUT2D eigenvalue weighted by atomic mass is 10.1. The van der Waals surface area contributed by atoms with E-state index in [1.54, 1.807) is 24.3 Å². The molecule has 1 heterocycles. The average Bonchev–Trinajstić information content (AvgIpc) is 2.47. The van der Waals surface area contributed by atoms with Crippen molar-refractivity contribution >= 4 is 10.9 Å². The molecule has 0 radical (unpaired) electrons. The van der Waals surface area contributed by atoms with Crippen LogP contribution in [0.2, 0.25) is 0 Å². The molecule has 3 aromatic rings. The fourth-order valence-electron chi connectivity index (χ4n) is 2.40. The Hall–Kier alpha value is -2.62. The first-order valence-electron chi connectivity index (χ1n) is 6.75. The first kappa shape index (κ1) is 13.4. The number of hydrogen-bond acceptors (Lipinski definition) is 3. The molecule has 0 aliphatic heterocycles. The second kappa shape index (κ2) is 5.05. The number of hydrogen-bond donors (Lipinski definition) is 0. The average molecular weight is 281 g/mol. The Bertz CT molecular complexity index is 935. The first-order chi connectivity index (χ1) is 10.1. The third kappa shape index (κ3) is 2.40. The van der Waals surface area contributed by atoms with Crippen LogP contribution in [-0.2, 0) is 6.54 Å². The third-order valence-corrected chi connectivity index (χ3v) is 3.73. The highest BCUT2D eigenvalue weighted by molar-refractivity contribution is 5.77. The summed E-state index contributed by atoms with van der Waals surface area (Å²) in [7, 11) is 0. The number of benzene rings is 2. The second-order valence-corrected chi connectivity index (χ2v) is 5.18. The molecule has 1 aromatic heterocycles. The van der Waals surface area contributed by atoms with Crippen LogP contribution < -0.4 is 11.4 Å². The van der Waals surface area contributed by atoms with Gasteiger partial charge < -0.3 is 4.42 Å². The third-order valence-electron chi connectivity index (χ3n) is 3.73. The molecule has 106 valence electrons. The maximum atomic E-state index is 12.0. The zero-order chi connectivity index (χ0) is 15.0. The van der Waals surface area contributed by atoms with Gasteiger partial charge in [-0.3, -0.25) is 4.57 Å². The van der Waals surface area contributed by atoms with E-state index in [4.69, 9.17) is 4.42 Å². The molecule has 0 amide bonds. The summed E-state index contributed by atoms with van der Waals surface area (Å²) < 4.78 is 6.29. The topological polar surface area (TPSA) is 52.2 Å². The van der Waals surface area contributed by atoms with Crippen molar-refractivity contribution in [2.45, 2.75) is 20.4 Å². The molecule has 0 atom stereocenters. The molecular formula is C17H15NO3. The van der Waals surface area contributed by atoms with E-state index in [1.807, 2.05) is 32.0 Å². The highest BCUT2D eigenvalue weighted by atomic mass is 16.4. The Morgan fingerprint density at radius 1 is 1.00 bits per heavy atom. The predicted octanol–water partition coefficient (Wildman–Crippen LogP) is 2.62. The van der Waals surface area contributed by atoms with Crippen molar-refractivity contribution in [1.29, 1.82) is 0 Å². The van der Waals surface area contributed by atoms with Crippen molar-refractivity contribution in [3.63, 3.8) is 0 Å². The van der Waals surface area contributed by atoms with Gasteiger partial charge in [-0.1, -0.05) is 30.3 Å². The summed E-state index contributed by atoms with van der Waals surface area (Å²) in [5.41, 5.74) is 3.38. The largest absolute Gasteiger partial charge is 0.422 e. The summed E-state index contributed by atoms with van der Waals surface area (Å²) in [6.45, 7) is 4.46. The number of para-hydroxylation sites is 1. The summed E-state index contributed by atoms with van der Waals surface area (Å²) in [5, 5.41) is 0.418. The molecule has 0 unspecified atom stereocenters. The van der Waals surface area contributed by atoms with Crippen LogP contribution in [0.15, 0.2) is 56.5 Å². The first-order valence-corrected chi connectivity index (χ1v) is 6.75. The van der Waals surface area contributed by atoms with Gasteiger partial charge in [0.25, 0.3) is 0 Å². The number of aryl methyl sites for hydroxylation is 2. The van der Waals surface area contributed by atoms with Crippen molar-refractivity contribution in [2.24, 2.45) is 0 Å². The molecule has 0 saturated carbocycles. The van der Waals surface area contributed by atoms with Gasteiger partial charge in [-0.15, -0.1) is 0 Å². The fourth-order valence-corrected chi connectivity index (χ4v) is 2.40. The summed E-state index contributed by atoms with van der Waals surface area (Å²) in [5.74, 6) is -0.628. The standard InChI is InChI=1S/C17H15NO3/c1-11-7-8-13(9-12(11)2)10-18-15-6-4-3-5-14(15)16(19)21-17(18)20/h3-9H,10H2,1-2H3.